The normalized spacial score (nSPS) is 22.5. The van der Waals surface area contributed by atoms with Crippen LogP contribution in [0.4, 0.5) is 26.3 Å². The molecule has 24 heavy (non-hydrogen) atoms. The van der Waals surface area contributed by atoms with Crippen LogP contribution in [0.3, 0.4) is 0 Å². The van der Waals surface area contributed by atoms with Crippen molar-refractivity contribution in [3.8, 4) is 0 Å². The van der Waals surface area contributed by atoms with E-state index >= 15 is 0 Å². The molecule has 1 aliphatic heterocycles. The Labute approximate surface area is 131 Å². The molecular formula is C12H8F6O5S. The maximum Gasteiger partial charge on any atom is 0.523 e. The van der Waals surface area contributed by atoms with Gasteiger partial charge in [0.1, 0.15) is 6.10 Å². The summed E-state index contributed by atoms with van der Waals surface area (Å²) in [6, 6.07) is 3.34. The lowest BCUT2D eigenvalue weighted by atomic mass is 10.0. The Kier molecular flexibility index (Phi) is 4.57. The molecule has 0 amide bonds. The fourth-order valence-corrected chi connectivity index (χ4v) is 2.50. The standard InChI is InChI=1S/C12H8F6O5S/c13-11(14,15)7-3-1-6(2-4-7)8-5-9(10(19)22-8)23-24(20,21)12(16,17)18/h1-4,8-9H,5H2. The first kappa shape index (κ1) is 18.5. The van der Waals surface area contributed by atoms with E-state index < -0.39 is 52.0 Å². The minimum atomic E-state index is -6.00. The van der Waals surface area contributed by atoms with Crippen LogP contribution in [0.15, 0.2) is 24.3 Å². The summed E-state index contributed by atoms with van der Waals surface area (Å²) in [6.45, 7) is 0. The molecule has 0 aliphatic carbocycles. The van der Waals surface area contributed by atoms with E-state index in [-0.39, 0.29) is 5.56 Å². The lowest BCUT2D eigenvalue weighted by Gasteiger charge is -2.12. The van der Waals surface area contributed by atoms with Gasteiger partial charge in [0, 0.05) is 6.42 Å². The topological polar surface area (TPSA) is 69.7 Å². The fourth-order valence-electron chi connectivity index (χ4n) is 1.93. The minimum Gasteiger partial charge on any atom is -0.455 e. The Morgan fingerprint density at radius 2 is 1.58 bits per heavy atom. The van der Waals surface area contributed by atoms with Crippen LogP contribution in [0.25, 0.3) is 0 Å². The highest BCUT2D eigenvalue weighted by Gasteiger charge is 2.51. The highest BCUT2D eigenvalue weighted by atomic mass is 32.2. The van der Waals surface area contributed by atoms with Crippen molar-refractivity contribution in [2.24, 2.45) is 0 Å². The number of halogens is 6. The number of hydrogen-bond donors (Lipinski definition) is 0. The van der Waals surface area contributed by atoms with E-state index in [0.717, 1.165) is 12.1 Å². The van der Waals surface area contributed by atoms with Gasteiger partial charge in [-0.25, -0.2) is 8.98 Å². The first-order valence-corrected chi connectivity index (χ1v) is 7.59. The molecule has 12 heteroatoms. The van der Waals surface area contributed by atoms with Gasteiger partial charge in [0.05, 0.1) is 5.56 Å². The molecule has 5 nitrogen and oxygen atoms in total. The van der Waals surface area contributed by atoms with E-state index in [4.69, 9.17) is 0 Å². The van der Waals surface area contributed by atoms with Crippen LogP contribution in [0.5, 0.6) is 0 Å². The Morgan fingerprint density at radius 1 is 1.04 bits per heavy atom. The van der Waals surface area contributed by atoms with Crippen LogP contribution in [0.2, 0.25) is 0 Å². The SMILES string of the molecule is O=C1OC(c2ccc(C(F)(F)F)cc2)CC1OS(=O)(=O)C(F)(F)F. The van der Waals surface area contributed by atoms with Crippen molar-refractivity contribution in [2.45, 2.75) is 30.3 Å². The van der Waals surface area contributed by atoms with E-state index in [9.17, 15) is 39.6 Å². The average Bonchev–Trinajstić information content (AvgIpc) is 2.77. The van der Waals surface area contributed by atoms with Gasteiger partial charge in [0.2, 0.25) is 0 Å². The number of hydrogen-bond acceptors (Lipinski definition) is 5. The average molecular weight is 378 g/mol. The molecule has 1 aliphatic rings. The summed E-state index contributed by atoms with van der Waals surface area (Å²) >= 11 is 0. The van der Waals surface area contributed by atoms with Gasteiger partial charge < -0.3 is 4.74 Å². The summed E-state index contributed by atoms with van der Waals surface area (Å²) in [5.41, 5.74) is -6.62. The van der Waals surface area contributed by atoms with Crippen molar-refractivity contribution in [3.05, 3.63) is 35.4 Å². The number of carbonyl (C=O) groups is 1. The number of esters is 1. The maximum absolute atomic E-state index is 12.4. The number of cyclic esters (lactones) is 1. The molecule has 2 rings (SSSR count). The van der Waals surface area contributed by atoms with Gasteiger partial charge in [-0.3, -0.25) is 0 Å². The number of ether oxygens (including phenoxy) is 1. The molecule has 0 aromatic heterocycles. The summed E-state index contributed by atoms with van der Waals surface area (Å²) in [6.07, 6.45) is -8.41. The molecule has 2 atom stereocenters. The third kappa shape index (κ3) is 3.80. The summed E-state index contributed by atoms with van der Waals surface area (Å²) in [7, 11) is -6.00. The monoisotopic (exact) mass is 378 g/mol. The van der Waals surface area contributed by atoms with Crippen LogP contribution in [-0.2, 0) is 30.0 Å². The van der Waals surface area contributed by atoms with Gasteiger partial charge in [-0.15, -0.1) is 0 Å². The first-order chi connectivity index (χ1) is 10.8. The second kappa shape index (κ2) is 5.92. The lowest BCUT2D eigenvalue weighted by molar-refractivity contribution is -0.147. The van der Waals surface area contributed by atoms with Crippen LogP contribution in [0.1, 0.15) is 23.7 Å². The molecule has 0 N–H and O–H groups in total. The third-order valence-corrected chi connectivity index (χ3v) is 4.14. The van der Waals surface area contributed by atoms with E-state index in [2.05, 4.69) is 8.92 Å². The maximum atomic E-state index is 12.4. The largest absolute Gasteiger partial charge is 0.523 e. The molecule has 0 spiro atoms. The second-order valence-electron chi connectivity index (χ2n) is 4.77. The molecule has 0 bridgehead atoms. The molecule has 1 aromatic carbocycles. The molecule has 134 valence electrons. The Hall–Kier alpha value is -1.82. The van der Waals surface area contributed by atoms with Gasteiger partial charge in [0.25, 0.3) is 0 Å². The summed E-state index contributed by atoms with van der Waals surface area (Å²) in [5.74, 6) is -1.35. The summed E-state index contributed by atoms with van der Waals surface area (Å²) in [4.78, 5) is 11.4. The smallest absolute Gasteiger partial charge is 0.455 e. The molecule has 2 unspecified atom stereocenters. The quantitative estimate of drug-likeness (QED) is 0.350. The summed E-state index contributed by atoms with van der Waals surface area (Å²) in [5, 5.41) is 0. The predicted molar refractivity (Wildman–Crippen MR) is 64.7 cm³/mol. The van der Waals surface area contributed by atoms with Gasteiger partial charge in [-0.05, 0) is 17.7 Å². The zero-order chi connectivity index (χ0) is 18.3. The van der Waals surface area contributed by atoms with Crippen LogP contribution >= 0.6 is 0 Å². The molecule has 1 saturated heterocycles. The highest BCUT2D eigenvalue weighted by molar-refractivity contribution is 7.87. The van der Waals surface area contributed by atoms with Crippen molar-refractivity contribution in [3.63, 3.8) is 0 Å². The van der Waals surface area contributed by atoms with Crippen LogP contribution < -0.4 is 0 Å². The van der Waals surface area contributed by atoms with Crippen molar-refractivity contribution >= 4 is 16.1 Å². The van der Waals surface area contributed by atoms with Crippen molar-refractivity contribution in [1.82, 2.24) is 0 Å². The molecule has 0 saturated carbocycles. The second-order valence-corrected chi connectivity index (χ2v) is 6.33. The predicted octanol–water partition coefficient (Wildman–Crippen LogP) is 2.93. The number of benzene rings is 1. The number of rotatable bonds is 3. The van der Waals surface area contributed by atoms with Crippen LogP contribution in [-0.4, -0.2) is 26.0 Å². The molecule has 1 aromatic rings. The molecular weight excluding hydrogens is 370 g/mol. The molecule has 0 radical (unpaired) electrons. The van der Waals surface area contributed by atoms with E-state index in [1.807, 2.05) is 0 Å². The third-order valence-electron chi connectivity index (χ3n) is 3.09. The Bertz CT molecular complexity index is 722. The van der Waals surface area contributed by atoms with Crippen LogP contribution in [0, 0.1) is 0 Å². The summed E-state index contributed by atoms with van der Waals surface area (Å²) < 4.78 is 104. The zero-order valence-corrected chi connectivity index (χ0v) is 12.2. The first-order valence-electron chi connectivity index (χ1n) is 6.18. The highest BCUT2D eigenvalue weighted by Crippen LogP contribution is 2.36. The van der Waals surface area contributed by atoms with Gasteiger partial charge in [0.15, 0.2) is 6.10 Å². The van der Waals surface area contributed by atoms with Crippen molar-refractivity contribution < 1.29 is 48.5 Å². The van der Waals surface area contributed by atoms with E-state index in [1.54, 1.807) is 0 Å². The van der Waals surface area contributed by atoms with Gasteiger partial charge in [-0.1, -0.05) is 12.1 Å². The van der Waals surface area contributed by atoms with Gasteiger partial charge in [-0.2, -0.15) is 34.8 Å². The minimum absolute atomic E-state index is 0.0619. The number of alkyl halides is 6. The molecule has 1 fully saturated rings. The molecule has 1 heterocycles. The Balaban J connectivity index is 2.13. The fraction of sp³-hybridized carbons (Fsp3) is 0.417. The van der Waals surface area contributed by atoms with Gasteiger partial charge >= 0.3 is 27.8 Å². The Morgan fingerprint density at radius 3 is 2.04 bits per heavy atom. The van der Waals surface area contributed by atoms with Crippen molar-refractivity contribution in [2.75, 3.05) is 0 Å². The van der Waals surface area contributed by atoms with Crippen molar-refractivity contribution in [1.29, 1.82) is 0 Å². The lowest BCUT2D eigenvalue weighted by Crippen LogP contribution is -2.32. The zero-order valence-electron chi connectivity index (χ0n) is 11.4. The number of carbonyl (C=O) groups excluding carboxylic acids is 1. The van der Waals surface area contributed by atoms with E-state index in [1.165, 1.54) is 0 Å². The van der Waals surface area contributed by atoms with E-state index in [0.29, 0.717) is 12.1 Å².